The van der Waals surface area contributed by atoms with Gasteiger partial charge in [-0.15, -0.1) is 0 Å². The number of carbonyl (C=O) groups is 1. The van der Waals surface area contributed by atoms with E-state index in [1.165, 1.54) is 7.11 Å². The fraction of sp³-hybridized carbons (Fsp3) is 0.167. The highest BCUT2D eigenvalue weighted by Crippen LogP contribution is 2.24. The van der Waals surface area contributed by atoms with Crippen molar-refractivity contribution >= 4 is 22.6 Å². The van der Waals surface area contributed by atoms with E-state index < -0.39 is 0 Å². The average Bonchev–Trinajstić information content (AvgIpc) is 2.60. The van der Waals surface area contributed by atoms with Gasteiger partial charge in [-0.05, 0) is 23.8 Å². The number of carbonyl (C=O) groups excluding carboxylic acids is 1. The van der Waals surface area contributed by atoms with Crippen molar-refractivity contribution in [3.05, 3.63) is 66.1 Å². The second-order valence-corrected chi connectivity index (χ2v) is 5.15. The lowest BCUT2D eigenvalue weighted by Gasteiger charge is -2.11. The zero-order valence-corrected chi connectivity index (χ0v) is 12.8. The first-order chi connectivity index (χ1) is 11.3. The maximum absolute atomic E-state index is 11.5. The molecule has 2 aromatic heterocycles. The van der Waals surface area contributed by atoms with Crippen LogP contribution in [0.3, 0.4) is 0 Å². The van der Waals surface area contributed by atoms with Crippen LogP contribution >= 0.6 is 0 Å². The lowest BCUT2D eigenvalue weighted by Crippen LogP contribution is -2.08. The Morgan fingerprint density at radius 1 is 1.22 bits per heavy atom. The van der Waals surface area contributed by atoms with Crippen LogP contribution < -0.4 is 5.32 Å². The molecule has 0 aliphatic heterocycles. The topological polar surface area (TPSA) is 64.1 Å². The van der Waals surface area contributed by atoms with Crippen LogP contribution in [0.2, 0.25) is 0 Å². The van der Waals surface area contributed by atoms with Gasteiger partial charge in [0.15, 0.2) is 0 Å². The molecule has 0 saturated heterocycles. The number of aromatic nitrogens is 2. The van der Waals surface area contributed by atoms with Gasteiger partial charge in [0.25, 0.3) is 0 Å². The predicted octanol–water partition coefficient (Wildman–Crippen LogP) is 2.96. The zero-order valence-electron chi connectivity index (χ0n) is 12.8. The van der Waals surface area contributed by atoms with Gasteiger partial charge in [-0.25, -0.2) is 0 Å². The maximum atomic E-state index is 11.5. The van der Waals surface area contributed by atoms with Crippen molar-refractivity contribution < 1.29 is 9.53 Å². The molecule has 0 unspecified atom stereocenters. The minimum absolute atomic E-state index is 0.156. The fourth-order valence-corrected chi connectivity index (χ4v) is 2.39. The summed E-state index contributed by atoms with van der Waals surface area (Å²) in [4.78, 5) is 20.2. The molecule has 1 aromatic carbocycles. The van der Waals surface area contributed by atoms with Crippen LogP contribution in [0.5, 0.6) is 0 Å². The van der Waals surface area contributed by atoms with Crippen molar-refractivity contribution in [2.45, 2.75) is 13.0 Å². The number of ether oxygens (including phenoxy) is 1. The SMILES string of the molecule is COC(=O)Cc1cc(NCc2cccnc2)c2ccccc2n1. The van der Waals surface area contributed by atoms with Crippen molar-refractivity contribution in [3.63, 3.8) is 0 Å². The molecule has 5 heteroatoms. The number of hydrogen-bond donors (Lipinski definition) is 1. The summed E-state index contributed by atoms with van der Waals surface area (Å²) in [5, 5.41) is 4.42. The Balaban J connectivity index is 1.91. The summed E-state index contributed by atoms with van der Waals surface area (Å²) in [6.45, 7) is 0.652. The molecule has 0 fully saturated rings. The van der Waals surface area contributed by atoms with Crippen molar-refractivity contribution in [3.8, 4) is 0 Å². The third-order valence-electron chi connectivity index (χ3n) is 3.53. The first-order valence-corrected chi connectivity index (χ1v) is 7.34. The summed E-state index contributed by atoms with van der Waals surface area (Å²) >= 11 is 0. The zero-order chi connectivity index (χ0) is 16.1. The van der Waals surface area contributed by atoms with Gasteiger partial charge in [-0.3, -0.25) is 14.8 Å². The first kappa shape index (κ1) is 15.0. The summed E-state index contributed by atoms with van der Waals surface area (Å²) in [6, 6.07) is 13.7. The molecule has 116 valence electrons. The standard InChI is InChI=1S/C18H17N3O2/c1-23-18(22)10-14-9-17(15-6-2-3-7-16(15)21-14)20-12-13-5-4-8-19-11-13/h2-9,11H,10,12H2,1H3,(H,20,21). The normalized spacial score (nSPS) is 10.5. The summed E-state index contributed by atoms with van der Waals surface area (Å²) < 4.78 is 4.73. The predicted molar refractivity (Wildman–Crippen MR) is 89.0 cm³/mol. The Labute approximate surface area is 134 Å². The van der Waals surface area contributed by atoms with Gasteiger partial charge in [-0.1, -0.05) is 24.3 Å². The van der Waals surface area contributed by atoms with Gasteiger partial charge in [0, 0.05) is 30.0 Å². The lowest BCUT2D eigenvalue weighted by atomic mass is 10.1. The second kappa shape index (κ2) is 6.87. The van der Waals surface area contributed by atoms with E-state index in [9.17, 15) is 4.79 Å². The van der Waals surface area contributed by atoms with E-state index in [-0.39, 0.29) is 12.4 Å². The van der Waals surface area contributed by atoms with Gasteiger partial charge in [0.1, 0.15) is 0 Å². The molecular weight excluding hydrogens is 290 g/mol. The Kier molecular flexibility index (Phi) is 4.47. The smallest absolute Gasteiger partial charge is 0.311 e. The van der Waals surface area contributed by atoms with Gasteiger partial charge >= 0.3 is 5.97 Å². The van der Waals surface area contributed by atoms with Crippen LogP contribution in [-0.4, -0.2) is 23.0 Å². The molecule has 0 atom stereocenters. The third-order valence-corrected chi connectivity index (χ3v) is 3.53. The molecule has 0 bridgehead atoms. The van der Waals surface area contributed by atoms with Crippen LogP contribution in [0.15, 0.2) is 54.9 Å². The average molecular weight is 307 g/mol. The molecule has 0 radical (unpaired) electrons. The van der Waals surface area contributed by atoms with E-state index >= 15 is 0 Å². The molecule has 23 heavy (non-hydrogen) atoms. The van der Waals surface area contributed by atoms with Crippen LogP contribution in [0.1, 0.15) is 11.3 Å². The molecule has 0 saturated carbocycles. The molecule has 0 amide bonds. The molecule has 3 rings (SSSR count). The van der Waals surface area contributed by atoms with Crippen molar-refractivity contribution in [2.75, 3.05) is 12.4 Å². The van der Waals surface area contributed by atoms with Crippen LogP contribution in [0, 0.1) is 0 Å². The van der Waals surface area contributed by atoms with Crippen LogP contribution in [0.25, 0.3) is 10.9 Å². The number of methoxy groups -OCH3 is 1. The molecule has 1 N–H and O–H groups in total. The van der Waals surface area contributed by atoms with Gasteiger partial charge in [-0.2, -0.15) is 0 Å². The minimum Gasteiger partial charge on any atom is -0.469 e. The molecule has 0 aliphatic rings. The molecule has 3 aromatic rings. The number of hydrogen-bond acceptors (Lipinski definition) is 5. The molecule has 0 spiro atoms. The largest absolute Gasteiger partial charge is 0.469 e. The molecular formula is C18H17N3O2. The maximum Gasteiger partial charge on any atom is 0.311 e. The molecule has 2 heterocycles. The van der Waals surface area contributed by atoms with E-state index in [4.69, 9.17) is 4.74 Å². The summed E-state index contributed by atoms with van der Waals surface area (Å²) in [5.41, 5.74) is 3.56. The van der Waals surface area contributed by atoms with Crippen LogP contribution in [-0.2, 0) is 22.5 Å². The third kappa shape index (κ3) is 3.63. The van der Waals surface area contributed by atoms with E-state index in [2.05, 4.69) is 15.3 Å². The number of fused-ring (bicyclic) bond motifs is 1. The number of pyridine rings is 2. The highest BCUT2D eigenvalue weighted by Gasteiger charge is 2.09. The summed E-state index contributed by atoms with van der Waals surface area (Å²) in [6.07, 6.45) is 3.73. The summed E-state index contributed by atoms with van der Waals surface area (Å²) in [7, 11) is 1.38. The van der Waals surface area contributed by atoms with Crippen molar-refractivity contribution in [1.82, 2.24) is 9.97 Å². The number of para-hydroxylation sites is 1. The summed E-state index contributed by atoms with van der Waals surface area (Å²) in [5.74, 6) is -0.300. The van der Waals surface area contributed by atoms with Crippen molar-refractivity contribution in [2.24, 2.45) is 0 Å². The Bertz CT molecular complexity index is 819. The highest BCUT2D eigenvalue weighted by atomic mass is 16.5. The van der Waals surface area contributed by atoms with Gasteiger partial charge in [0.2, 0.25) is 0 Å². The number of rotatable bonds is 5. The van der Waals surface area contributed by atoms with E-state index in [0.717, 1.165) is 22.2 Å². The number of nitrogens with zero attached hydrogens (tertiary/aromatic N) is 2. The van der Waals surface area contributed by atoms with E-state index in [1.54, 1.807) is 6.20 Å². The number of esters is 1. The molecule has 0 aliphatic carbocycles. The lowest BCUT2D eigenvalue weighted by molar-refractivity contribution is -0.139. The van der Waals surface area contributed by atoms with Gasteiger partial charge < -0.3 is 10.1 Å². The minimum atomic E-state index is -0.300. The second-order valence-electron chi connectivity index (χ2n) is 5.15. The van der Waals surface area contributed by atoms with Crippen molar-refractivity contribution in [1.29, 1.82) is 0 Å². The highest BCUT2D eigenvalue weighted by molar-refractivity contribution is 5.92. The fourth-order valence-electron chi connectivity index (χ4n) is 2.39. The number of nitrogens with one attached hydrogen (secondary N) is 1. The Morgan fingerprint density at radius 2 is 2.09 bits per heavy atom. The van der Waals surface area contributed by atoms with Crippen LogP contribution in [0.4, 0.5) is 5.69 Å². The first-order valence-electron chi connectivity index (χ1n) is 7.34. The van der Waals surface area contributed by atoms with E-state index in [1.807, 2.05) is 48.7 Å². The molecule has 5 nitrogen and oxygen atoms in total. The monoisotopic (exact) mass is 307 g/mol. The Hall–Kier alpha value is -2.95. The Morgan fingerprint density at radius 3 is 2.87 bits per heavy atom. The number of anilines is 1. The quantitative estimate of drug-likeness (QED) is 0.734. The van der Waals surface area contributed by atoms with E-state index in [0.29, 0.717) is 12.2 Å². The number of benzene rings is 1. The van der Waals surface area contributed by atoms with Gasteiger partial charge in [0.05, 0.1) is 24.7 Å².